The molecule has 1 aromatic rings. The van der Waals surface area contributed by atoms with Gasteiger partial charge in [-0.25, -0.2) is 0 Å². The fourth-order valence-electron chi connectivity index (χ4n) is 2.46. The van der Waals surface area contributed by atoms with Gasteiger partial charge in [0.2, 0.25) is 0 Å². The largest absolute Gasteiger partial charge is 0.508 e. The lowest BCUT2D eigenvalue weighted by molar-refractivity contribution is 0.355. The quantitative estimate of drug-likeness (QED) is 0.878. The summed E-state index contributed by atoms with van der Waals surface area (Å²) < 4.78 is 0. The van der Waals surface area contributed by atoms with E-state index in [2.05, 4.69) is 11.4 Å². The predicted octanol–water partition coefficient (Wildman–Crippen LogP) is 3.53. The number of phenols is 1. The van der Waals surface area contributed by atoms with Crippen LogP contribution in [0.3, 0.4) is 0 Å². The Morgan fingerprint density at radius 1 is 1.33 bits per heavy atom. The third-order valence-electron chi connectivity index (χ3n) is 3.44. The summed E-state index contributed by atoms with van der Waals surface area (Å²) in [7, 11) is 0. The van der Waals surface area contributed by atoms with Gasteiger partial charge in [0.25, 0.3) is 0 Å². The maximum atomic E-state index is 9.82. The molecule has 1 atom stereocenters. The molecule has 0 spiro atoms. The molecule has 1 aliphatic rings. The summed E-state index contributed by atoms with van der Waals surface area (Å²) in [6.07, 6.45) is 5.88. The van der Waals surface area contributed by atoms with Crippen LogP contribution in [0.2, 0.25) is 5.02 Å². The summed E-state index contributed by atoms with van der Waals surface area (Å²) in [5.41, 5.74) is 0.565. The Labute approximate surface area is 112 Å². The Morgan fingerprint density at radius 3 is 2.72 bits per heavy atom. The van der Waals surface area contributed by atoms with Crippen molar-refractivity contribution in [2.45, 2.75) is 44.2 Å². The minimum atomic E-state index is -0.494. The van der Waals surface area contributed by atoms with Crippen molar-refractivity contribution >= 4 is 11.6 Å². The van der Waals surface area contributed by atoms with E-state index in [0.29, 0.717) is 16.6 Å². The van der Waals surface area contributed by atoms with Crippen LogP contribution in [0.25, 0.3) is 0 Å². The molecular formula is C14H17ClN2O. The molecule has 4 heteroatoms. The zero-order valence-electron chi connectivity index (χ0n) is 10.2. The normalized spacial score (nSPS) is 18.2. The second-order valence-electron chi connectivity index (χ2n) is 4.77. The number of nitrogens with zero attached hydrogens (tertiary/aromatic N) is 1. The van der Waals surface area contributed by atoms with E-state index >= 15 is 0 Å². The molecule has 0 aromatic heterocycles. The number of hydrogen-bond donors (Lipinski definition) is 2. The summed E-state index contributed by atoms with van der Waals surface area (Å²) in [5, 5.41) is 22.9. The smallest absolute Gasteiger partial charge is 0.125 e. The number of rotatable bonds is 3. The van der Waals surface area contributed by atoms with Crippen molar-refractivity contribution < 1.29 is 5.11 Å². The molecule has 96 valence electrons. The lowest BCUT2D eigenvalue weighted by Crippen LogP contribution is -2.33. The van der Waals surface area contributed by atoms with Crippen molar-refractivity contribution in [2.24, 2.45) is 0 Å². The van der Waals surface area contributed by atoms with Gasteiger partial charge in [0.05, 0.1) is 6.07 Å². The topological polar surface area (TPSA) is 56.0 Å². The van der Waals surface area contributed by atoms with Crippen LogP contribution in [-0.2, 0) is 0 Å². The maximum Gasteiger partial charge on any atom is 0.125 e. The third-order valence-corrected chi connectivity index (χ3v) is 3.67. The standard InChI is InChI=1S/C14H17ClN2O/c15-10-6-7-14(18)12(8-10)13(9-16)17-11-4-2-1-3-5-11/h6-8,11,13,17-18H,1-5H2. The minimum Gasteiger partial charge on any atom is -0.508 e. The van der Waals surface area contributed by atoms with Crippen molar-refractivity contribution in [1.82, 2.24) is 5.32 Å². The van der Waals surface area contributed by atoms with E-state index in [9.17, 15) is 10.4 Å². The molecule has 1 aromatic carbocycles. The minimum absolute atomic E-state index is 0.120. The number of nitrogens with one attached hydrogen (secondary N) is 1. The van der Waals surface area contributed by atoms with Crippen LogP contribution in [-0.4, -0.2) is 11.1 Å². The average Bonchev–Trinajstić information content (AvgIpc) is 2.40. The summed E-state index contributed by atoms with van der Waals surface area (Å²) >= 11 is 5.91. The number of phenolic OH excluding ortho intramolecular Hbond substituents is 1. The van der Waals surface area contributed by atoms with Crippen LogP contribution in [0.15, 0.2) is 18.2 Å². The molecule has 3 nitrogen and oxygen atoms in total. The van der Waals surface area contributed by atoms with Gasteiger partial charge in [-0.15, -0.1) is 0 Å². The van der Waals surface area contributed by atoms with Crippen molar-refractivity contribution in [3.8, 4) is 11.8 Å². The first-order valence-corrected chi connectivity index (χ1v) is 6.72. The molecule has 18 heavy (non-hydrogen) atoms. The van der Waals surface area contributed by atoms with Gasteiger partial charge >= 0.3 is 0 Å². The highest BCUT2D eigenvalue weighted by atomic mass is 35.5. The number of hydrogen-bond acceptors (Lipinski definition) is 3. The van der Waals surface area contributed by atoms with E-state index in [4.69, 9.17) is 11.6 Å². The van der Waals surface area contributed by atoms with E-state index < -0.39 is 6.04 Å². The number of benzene rings is 1. The van der Waals surface area contributed by atoms with Crippen LogP contribution in [0, 0.1) is 11.3 Å². The fraction of sp³-hybridized carbons (Fsp3) is 0.500. The van der Waals surface area contributed by atoms with Crippen LogP contribution < -0.4 is 5.32 Å². The van der Waals surface area contributed by atoms with Gasteiger partial charge in [0.15, 0.2) is 0 Å². The molecule has 0 aliphatic heterocycles. The SMILES string of the molecule is N#CC(NC1CCCCC1)c1cc(Cl)ccc1O. The van der Waals surface area contributed by atoms with Gasteiger partial charge in [-0.05, 0) is 31.0 Å². The number of aromatic hydroxyl groups is 1. The molecule has 0 amide bonds. The van der Waals surface area contributed by atoms with Crippen LogP contribution in [0.4, 0.5) is 0 Å². The maximum absolute atomic E-state index is 9.82. The predicted molar refractivity (Wildman–Crippen MR) is 71.5 cm³/mol. The molecule has 1 fully saturated rings. The van der Waals surface area contributed by atoms with Gasteiger partial charge in [-0.3, -0.25) is 5.32 Å². The van der Waals surface area contributed by atoms with Gasteiger partial charge in [-0.2, -0.15) is 5.26 Å². The molecule has 1 saturated carbocycles. The summed E-state index contributed by atoms with van der Waals surface area (Å²) in [6.45, 7) is 0. The molecule has 0 saturated heterocycles. The first-order valence-electron chi connectivity index (χ1n) is 6.35. The molecule has 0 bridgehead atoms. The van der Waals surface area contributed by atoms with Crippen LogP contribution >= 0.6 is 11.6 Å². The van der Waals surface area contributed by atoms with Gasteiger partial charge in [-0.1, -0.05) is 30.9 Å². The monoisotopic (exact) mass is 264 g/mol. The van der Waals surface area contributed by atoms with Gasteiger partial charge in [0.1, 0.15) is 11.8 Å². The van der Waals surface area contributed by atoms with Crippen LogP contribution in [0.5, 0.6) is 5.75 Å². The Balaban J connectivity index is 2.12. The Hall–Kier alpha value is -1.24. The third kappa shape index (κ3) is 3.16. The molecule has 2 rings (SSSR count). The Morgan fingerprint density at radius 2 is 2.06 bits per heavy atom. The van der Waals surface area contributed by atoms with Gasteiger partial charge < -0.3 is 5.11 Å². The average molecular weight is 265 g/mol. The lowest BCUT2D eigenvalue weighted by atomic mass is 9.94. The summed E-state index contributed by atoms with van der Waals surface area (Å²) in [6, 6.07) is 6.88. The van der Waals surface area contributed by atoms with Crippen molar-refractivity contribution in [3.05, 3.63) is 28.8 Å². The highest BCUT2D eigenvalue weighted by Crippen LogP contribution is 2.29. The highest BCUT2D eigenvalue weighted by molar-refractivity contribution is 6.30. The van der Waals surface area contributed by atoms with E-state index in [0.717, 1.165) is 12.8 Å². The van der Waals surface area contributed by atoms with Crippen molar-refractivity contribution in [1.29, 1.82) is 5.26 Å². The lowest BCUT2D eigenvalue weighted by Gasteiger charge is -2.25. The number of halogens is 1. The second-order valence-corrected chi connectivity index (χ2v) is 5.20. The van der Waals surface area contributed by atoms with E-state index in [1.54, 1.807) is 12.1 Å². The molecular weight excluding hydrogens is 248 g/mol. The van der Waals surface area contributed by atoms with E-state index in [1.165, 1.54) is 25.3 Å². The molecule has 0 heterocycles. The Kier molecular flexibility index (Phi) is 4.46. The van der Waals surface area contributed by atoms with Gasteiger partial charge in [0, 0.05) is 16.6 Å². The summed E-state index contributed by atoms with van der Waals surface area (Å²) in [5.74, 6) is 0.120. The van der Waals surface area contributed by atoms with E-state index in [1.807, 2.05) is 0 Å². The first kappa shape index (κ1) is 13.2. The summed E-state index contributed by atoms with van der Waals surface area (Å²) in [4.78, 5) is 0. The number of nitriles is 1. The first-order chi connectivity index (χ1) is 8.70. The molecule has 1 aliphatic carbocycles. The fourth-order valence-corrected chi connectivity index (χ4v) is 2.64. The zero-order valence-corrected chi connectivity index (χ0v) is 11.0. The van der Waals surface area contributed by atoms with E-state index in [-0.39, 0.29) is 5.75 Å². The molecule has 2 N–H and O–H groups in total. The molecule has 1 unspecified atom stereocenters. The zero-order chi connectivity index (χ0) is 13.0. The second kappa shape index (κ2) is 6.08. The van der Waals surface area contributed by atoms with Crippen LogP contribution in [0.1, 0.15) is 43.7 Å². The molecule has 0 radical (unpaired) electrons. The van der Waals surface area contributed by atoms with Crippen molar-refractivity contribution in [3.63, 3.8) is 0 Å². The van der Waals surface area contributed by atoms with Crippen molar-refractivity contribution in [2.75, 3.05) is 0 Å². The Bertz CT molecular complexity index is 450. The highest BCUT2D eigenvalue weighted by Gasteiger charge is 2.21.